The quantitative estimate of drug-likeness (QED) is 0.671. The number of hydrogen-bond acceptors (Lipinski definition) is 4. The lowest BCUT2D eigenvalue weighted by atomic mass is 10.1. The van der Waals surface area contributed by atoms with Crippen molar-refractivity contribution in [2.24, 2.45) is 0 Å². The summed E-state index contributed by atoms with van der Waals surface area (Å²) in [7, 11) is 0. The van der Waals surface area contributed by atoms with Gasteiger partial charge in [-0.15, -0.1) is 0 Å². The summed E-state index contributed by atoms with van der Waals surface area (Å²) in [4.78, 5) is 1.95. The van der Waals surface area contributed by atoms with E-state index in [0.717, 1.165) is 21.4 Å². The predicted molar refractivity (Wildman–Crippen MR) is 67.5 cm³/mol. The van der Waals surface area contributed by atoms with Gasteiger partial charge in [-0.05, 0) is 40.5 Å². The Morgan fingerprint density at radius 1 is 1.31 bits per heavy atom. The average molecular weight is 287 g/mol. The van der Waals surface area contributed by atoms with E-state index in [9.17, 15) is 10.2 Å². The molecule has 1 aliphatic heterocycles. The Kier molecular flexibility index (Phi) is 3.10. The normalized spacial score (nSPS) is 25.1. The van der Waals surface area contributed by atoms with Gasteiger partial charge >= 0.3 is 0 Å². The minimum atomic E-state index is -0.676. The van der Waals surface area contributed by atoms with E-state index >= 15 is 0 Å². The topological polar surface area (TPSA) is 69.7 Å². The molecule has 16 heavy (non-hydrogen) atoms. The van der Waals surface area contributed by atoms with Gasteiger partial charge in [-0.3, -0.25) is 0 Å². The summed E-state index contributed by atoms with van der Waals surface area (Å²) in [6.07, 6.45) is -1.35. The fraction of sp³-hybridized carbons (Fsp3) is 0.455. The highest BCUT2D eigenvalue weighted by Crippen LogP contribution is 2.32. The summed E-state index contributed by atoms with van der Waals surface area (Å²) in [5, 5.41) is 19.0. The van der Waals surface area contributed by atoms with Gasteiger partial charge in [-0.2, -0.15) is 0 Å². The van der Waals surface area contributed by atoms with Crippen LogP contribution in [0.2, 0.25) is 0 Å². The zero-order chi connectivity index (χ0) is 11.9. The molecule has 2 atom stereocenters. The highest BCUT2D eigenvalue weighted by Gasteiger charge is 2.30. The summed E-state index contributed by atoms with van der Waals surface area (Å²) in [6, 6.07) is 3.81. The van der Waals surface area contributed by atoms with Crippen LogP contribution in [0.1, 0.15) is 5.56 Å². The zero-order valence-electron chi connectivity index (χ0n) is 9.02. The van der Waals surface area contributed by atoms with Crippen molar-refractivity contribution < 1.29 is 10.2 Å². The molecule has 0 aliphatic carbocycles. The van der Waals surface area contributed by atoms with Crippen molar-refractivity contribution >= 4 is 27.3 Å². The minimum absolute atomic E-state index is 0.448. The number of rotatable bonds is 1. The van der Waals surface area contributed by atoms with Crippen molar-refractivity contribution in [2.75, 3.05) is 23.7 Å². The van der Waals surface area contributed by atoms with Crippen LogP contribution >= 0.6 is 15.9 Å². The Hall–Kier alpha value is -0.780. The first kappa shape index (κ1) is 11.7. The maximum absolute atomic E-state index is 9.51. The Labute approximate surface area is 103 Å². The maximum atomic E-state index is 9.51. The molecule has 1 aromatic carbocycles. The molecule has 5 heteroatoms. The first-order valence-corrected chi connectivity index (χ1v) is 5.95. The molecule has 0 bridgehead atoms. The number of hydrogen-bond donors (Lipinski definition) is 3. The highest BCUT2D eigenvalue weighted by molar-refractivity contribution is 9.10. The standard InChI is InChI=1S/C11H15BrN2O2/c1-6-2-9(7(12)3-8(6)13)14-4-10(15)11(16)5-14/h2-3,10-11,15-16H,4-5,13H2,1H3. The second-order valence-electron chi connectivity index (χ2n) is 4.20. The van der Waals surface area contributed by atoms with Gasteiger partial charge < -0.3 is 20.8 Å². The number of nitrogen functional groups attached to an aromatic ring is 1. The molecule has 0 saturated carbocycles. The van der Waals surface area contributed by atoms with Crippen LogP contribution in [0, 0.1) is 6.92 Å². The van der Waals surface area contributed by atoms with Crippen molar-refractivity contribution in [3.8, 4) is 0 Å². The van der Waals surface area contributed by atoms with E-state index in [2.05, 4.69) is 15.9 Å². The molecule has 88 valence electrons. The smallest absolute Gasteiger partial charge is 0.0990 e. The fourth-order valence-corrected chi connectivity index (χ4v) is 2.50. The van der Waals surface area contributed by atoms with Crippen LogP contribution in [0.25, 0.3) is 0 Å². The number of anilines is 2. The van der Waals surface area contributed by atoms with E-state index < -0.39 is 12.2 Å². The third kappa shape index (κ3) is 2.03. The molecule has 1 heterocycles. The molecule has 4 N–H and O–H groups in total. The van der Waals surface area contributed by atoms with Gasteiger partial charge in [0.25, 0.3) is 0 Å². The number of aliphatic hydroxyl groups is 2. The average Bonchev–Trinajstić information content (AvgIpc) is 2.53. The second-order valence-corrected chi connectivity index (χ2v) is 5.05. The lowest BCUT2D eigenvalue weighted by Crippen LogP contribution is -2.22. The lowest BCUT2D eigenvalue weighted by molar-refractivity contribution is 0.0572. The van der Waals surface area contributed by atoms with Gasteiger partial charge in [0.1, 0.15) is 0 Å². The van der Waals surface area contributed by atoms with Crippen LogP contribution in [0.15, 0.2) is 16.6 Å². The molecule has 1 saturated heterocycles. The molecule has 0 radical (unpaired) electrons. The van der Waals surface area contributed by atoms with Gasteiger partial charge in [-0.1, -0.05) is 0 Å². The minimum Gasteiger partial charge on any atom is -0.398 e. The number of nitrogens with zero attached hydrogens (tertiary/aromatic N) is 1. The van der Waals surface area contributed by atoms with Crippen LogP contribution in [0.5, 0.6) is 0 Å². The number of nitrogens with two attached hydrogens (primary N) is 1. The first-order valence-electron chi connectivity index (χ1n) is 5.15. The fourth-order valence-electron chi connectivity index (χ4n) is 1.89. The van der Waals surface area contributed by atoms with E-state index in [-0.39, 0.29) is 0 Å². The highest BCUT2D eigenvalue weighted by atomic mass is 79.9. The second kappa shape index (κ2) is 4.24. The Morgan fingerprint density at radius 2 is 1.88 bits per heavy atom. The van der Waals surface area contributed by atoms with Crippen molar-refractivity contribution in [1.82, 2.24) is 0 Å². The van der Waals surface area contributed by atoms with Gasteiger partial charge in [0, 0.05) is 23.2 Å². The van der Waals surface area contributed by atoms with Crippen LogP contribution in [0.3, 0.4) is 0 Å². The number of aliphatic hydroxyl groups excluding tert-OH is 2. The molecule has 2 unspecified atom stereocenters. The predicted octanol–water partition coefficient (Wildman–Crippen LogP) is 0.882. The van der Waals surface area contributed by atoms with Crippen molar-refractivity contribution in [1.29, 1.82) is 0 Å². The molecule has 4 nitrogen and oxygen atoms in total. The molecule has 0 amide bonds. The molecular formula is C11H15BrN2O2. The van der Waals surface area contributed by atoms with E-state index in [1.807, 2.05) is 24.0 Å². The van der Waals surface area contributed by atoms with Crippen LogP contribution in [-0.2, 0) is 0 Å². The van der Waals surface area contributed by atoms with Gasteiger partial charge in [0.2, 0.25) is 0 Å². The molecular weight excluding hydrogens is 272 g/mol. The number of β-amino-alcohol motifs (C(OH)–C–C–N with tert-alkyl or cyclic N) is 2. The van der Waals surface area contributed by atoms with Crippen LogP contribution in [-0.4, -0.2) is 35.5 Å². The van der Waals surface area contributed by atoms with Crippen molar-refractivity contribution in [3.05, 3.63) is 22.2 Å². The van der Waals surface area contributed by atoms with Crippen molar-refractivity contribution in [2.45, 2.75) is 19.1 Å². The third-order valence-electron chi connectivity index (χ3n) is 2.94. The van der Waals surface area contributed by atoms with E-state index in [4.69, 9.17) is 5.73 Å². The first-order chi connectivity index (χ1) is 7.49. The summed E-state index contributed by atoms with van der Waals surface area (Å²) < 4.78 is 0.886. The Balaban J connectivity index is 2.31. The molecule has 0 aromatic heterocycles. The maximum Gasteiger partial charge on any atom is 0.0990 e. The molecule has 2 rings (SSSR count). The summed E-state index contributed by atoms with van der Waals surface area (Å²) in [5.41, 5.74) is 8.48. The molecule has 0 spiro atoms. The number of aryl methyl sites for hydroxylation is 1. The molecule has 1 fully saturated rings. The van der Waals surface area contributed by atoms with Gasteiger partial charge in [0.05, 0.1) is 17.9 Å². The Bertz CT molecular complexity index is 401. The monoisotopic (exact) mass is 286 g/mol. The van der Waals surface area contributed by atoms with Crippen LogP contribution in [0.4, 0.5) is 11.4 Å². The van der Waals surface area contributed by atoms with E-state index in [1.54, 1.807) is 0 Å². The summed E-state index contributed by atoms with van der Waals surface area (Å²) in [6.45, 7) is 2.83. The lowest BCUT2D eigenvalue weighted by Gasteiger charge is -2.20. The number of halogens is 1. The summed E-state index contributed by atoms with van der Waals surface area (Å²) in [5.74, 6) is 0. The number of benzene rings is 1. The largest absolute Gasteiger partial charge is 0.398 e. The Morgan fingerprint density at radius 3 is 2.44 bits per heavy atom. The molecule has 1 aliphatic rings. The van der Waals surface area contributed by atoms with Crippen LogP contribution < -0.4 is 10.6 Å². The van der Waals surface area contributed by atoms with E-state index in [0.29, 0.717) is 13.1 Å². The van der Waals surface area contributed by atoms with Crippen molar-refractivity contribution in [3.63, 3.8) is 0 Å². The summed E-state index contributed by atoms with van der Waals surface area (Å²) >= 11 is 3.45. The van der Waals surface area contributed by atoms with Gasteiger partial charge in [-0.25, -0.2) is 0 Å². The SMILES string of the molecule is Cc1cc(N2CC(O)C(O)C2)c(Br)cc1N. The van der Waals surface area contributed by atoms with E-state index in [1.165, 1.54) is 0 Å². The third-order valence-corrected chi connectivity index (χ3v) is 3.57. The zero-order valence-corrected chi connectivity index (χ0v) is 10.6. The molecule has 1 aromatic rings. The van der Waals surface area contributed by atoms with Gasteiger partial charge in [0.15, 0.2) is 0 Å².